The highest BCUT2D eigenvalue weighted by Gasteiger charge is 2.20. The molecule has 2 aromatic carbocycles. The van der Waals surface area contributed by atoms with Crippen molar-refractivity contribution in [3.8, 4) is 11.8 Å². The van der Waals surface area contributed by atoms with Crippen molar-refractivity contribution >= 4 is 0 Å². The van der Waals surface area contributed by atoms with Gasteiger partial charge in [0.15, 0.2) is 0 Å². The quantitative estimate of drug-likeness (QED) is 0.185. The fraction of sp³-hybridized carbons (Fsp3) is 0.515. The number of hydrogen-bond acceptors (Lipinski definition) is 0. The van der Waals surface area contributed by atoms with Gasteiger partial charge < -0.3 is 0 Å². The molecule has 0 spiro atoms. The molecule has 1 saturated carbocycles. The van der Waals surface area contributed by atoms with Gasteiger partial charge in [0, 0.05) is 11.1 Å². The van der Waals surface area contributed by atoms with E-state index in [2.05, 4.69) is 86.4 Å². The van der Waals surface area contributed by atoms with Crippen LogP contribution in [0.1, 0.15) is 107 Å². The van der Waals surface area contributed by atoms with Crippen LogP contribution >= 0.6 is 0 Å². The Hall–Kier alpha value is -2.26. The van der Waals surface area contributed by atoms with Gasteiger partial charge in [-0.05, 0) is 79.3 Å². The molecule has 2 aromatic rings. The average molecular weight is 441 g/mol. The van der Waals surface area contributed by atoms with Crippen LogP contribution in [0.5, 0.6) is 0 Å². The summed E-state index contributed by atoms with van der Waals surface area (Å²) >= 11 is 0. The maximum Gasteiger partial charge on any atom is 0.0249 e. The highest BCUT2D eigenvalue weighted by molar-refractivity contribution is 5.44. The first kappa shape index (κ1) is 25.4. The van der Waals surface area contributed by atoms with Gasteiger partial charge in [-0.3, -0.25) is 0 Å². The lowest BCUT2D eigenvalue weighted by atomic mass is 9.78. The van der Waals surface area contributed by atoms with Gasteiger partial charge in [-0.1, -0.05) is 113 Å². The second-order valence-electron chi connectivity index (χ2n) is 9.98. The summed E-state index contributed by atoms with van der Waals surface area (Å²) in [6.45, 7) is 4.49. The molecule has 3 rings (SSSR count). The average Bonchev–Trinajstić information content (AvgIpc) is 2.86. The third-order valence-corrected chi connectivity index (χ3v) is 7.28. The molecule has 0 nitrogen and oxygen atoms in total. The Morgan fingerprint density at radius 2 is 1.21 bits per heavy atom. The third kappa shape index (κ3) is 9.63. The Bertz CT molecular complexity index is 864. The summed E-state index contributed by atoms with van der Waals surface area (Å²) in [5.74, 6) is 8.62. The second-order valence-corrected chi connectivity index (χ2v) is 9.98. The van der Waals surface area contributed by atoms with Crippen molar-refractivity contribution in [2.45, 2.75) is 97.3 Å². The van der Waals surface area contributed by atoms with E-state index in [4.69, 9.17) is 0 Å². The van der Waals surface area contributed by atoms with Crippen molar-refractivity contribution in [1.29, 1.82) is 0 Å². The molecule has 0 saturated heterocycles. The Balaban J connectivity index is 1.39. The van der Waals surface area contributed by atoms with Crippen LogP contribution in [-0.4, -0.2) is 0 Å². The van der Waals surface area contributed by atoms with Crippen LogP contribution in [0.15, 0.2) is 60.7 Å². The monoisotopic (exact) mass is 440 g/mol. The SMILES string of the molecule is CC/C=C/CCc1ccc(C#Cc2ccc(CCC3CCC(CCCCC)CC3)cc2)cc1. The summed E-state index contributed by atoms with van der Waals surface area (Å²) in [5.41, 5.74) is 5.06. The molecular weight excluding hydrogens is 396 g/mol. The lowest BCUT2D eigenvalue weighted by molar-refractivity contribution is 0.249. The van der Waals surface area contributed by atoms with Crippen LogP contribution < -0.4 is 0 Å². The number of allylic oxidation sites excluding steroid dienone is 2. The zero-order valence-corrected chi connectivity index (χ0v) is 21.1. The Morgan fingerprint density at radius 3 is 1.76 bits per heavy atom. The van der Waals surface area contributed by atoms with Gasteiger partial charge >= 0.3 is 0 Å². The molecule has 1 fully saturated rings. The fourth-order valence-electron chi connectivity index (χ4n) is 5.05. The van der Waals surface area contributed by atoms with Gasteiger partial charge in [0.25, 0.3) is 0 Å². The molecule has 176 valence electrons. The van der Waals surface area contributed by atoms with Gasteiger partial charge in [-0.25, -0.2) is 0 Å². The molecule has 1 aliphatic rings. The fourth-order valence-corrected chi connectivity index (χ4v) is 5.05. The normalized spacial score (nSPS) is 18.2. The van der Waals surface area contributed by atoms with Crippen molar-refractivity contribution in [1.82, 2.24) is 0 Å². The largest absolute Gasteiger partial charge is 0.0888 e. The highest BCUT2D eigenvalue weighted by Crippen LogP contribution is 2.34. The molecule has 0 heteroatoms. The van der Waals surface area contributed by atoms with E-state index in [0.717, 1.165) is 42.2 Å². The van der Waals surface area contributed by atoms with Gasteiger partial charge in [0.1, 0.15) is 0 Å². The summed E-state index contributed by atoms with van der Waals surface area (Å²) in [4.78, 5) is 0. The molecule has 0 atom stereocenters. The Labute approximate surface area is 203 Å². The summed E-state index contributed by atoms with van der Waals surface area (Å²) in [7, 11) is 0. The molecule has 0 bridgehead atoms. The van der Waals surface area contributed by atoms with Crippen molar-refractivity contribution in [3.05, 3.63) is 82.9 Å². The van der Waals surface area contributed by atoms with E-state index in [0.29, 0.717) is 0 Å². The molecule has 0 heterocycles. The number of aryl methyl sites for hydroxylation is 2. The first-order valence-corrected chi connectivity index (χ1v) is 13.6. The first-order valence-electron chi connectivity index (χ1n) is 13.6. The molecule has 0 N–H and O–H groups in total. The highest BCUT2D eigenvalue weighted by atomic mass is 14.3. The van der Waals surface area contributed by atoms with Crippen LogP contribution in [-0.2, 0) is 12.8 Å². The van der Waals surface area contributed by atoms with Crippen LogP contribution in [0.4, 0.5) is 0 Å². The Morgan fingerprint density at radius 1 is 0.667 bits per heavy atom. The van der Waals surface area contributed by atoms with Crippen molar-refractivity contribution in [3.63, 3.8) is 0 Å². The van der Waals surface area contributed by atoms with Gasteiger partial charge in [0.2, 0.25) is 0 Å². The van der Waals surface area contributed by atoms with Crippen LogP contribution in [0.3, 0.4) is 0 Å². The molecule has 33 heavy (non-hydrogen) atoms. The van der Waals surface area contributed by atoms with Crippen molar-refractivity contribution in [2.24, 2.45) is 11.8 Å². The lowest BCUT2D eigenvalue weighted by Gasteiger charge is -2.28. The summed E-state index contributed by atoms with van der Waals surface area (Å²) in [6, 6.07) is 17.7. The molecule has 0 radical (unpaired) electrons. The van der Waals surface area contributed by atoms with E-state index in [-0.39, 0.29) is 0 Å². The number of hydrogen-bond donors (Lipinski definition) is 0. The van der Waals surface area contributed by atoms with Gasteiger partial charge in [-0.2, -0.15) is 0 Å². The third-order valence-electron chi connectivity index (χ3n) is 7.28. The molecule has 1 aliphatic carbocycles. The van der Waals surface area contributed by atoms with E-state index in [1.165, 1.54) is 75.3 Å². The van der Waals surface area contributed by atoms with E-state index in [1.54, 1.807) is 0 Å². The van der Waals surface area contributed by atoms with Crippen LogP contribution in [0.2, 0.25) is 0 Å². The lowest BCUT2D eigenvalue weighted by Crippen LogP contribution is -2.15. The summed E-state index contributed by atoms with van der Waals surface area (Å²) in [5, 5.41) is 0. The molecule has 0 aliphatic heterocycles. The van der Waals surface area contributed by atoms with Crippen molar-refractivity contribution < 1.29 is 0 Å². The zero-order valence-electron chi connectivity index (χ0n) is 21.1. The van der Waals surface area contributed by atoms with Gasteiger partial charge in [-0.15, -0.1) is 0 Å². The summed E-state index contributed by atoms with van der Waals surface area (Å²) in [6.07, 6.45) is 22.0. The standard InChI is InChI=1S/C33H44/c1-3-5-7-9-11-29-14-18-31(19-15-29)21-23-33-26-24-32(25-27-33)22-20-30-16-12-28(13-17-30)10-8-6-4-2/h5,7,14-15,18-19,24-28,30H,3-4,6,8-13,16-17,20,22H2,1-2H3/b7-5+. The summed E-state index contributed by atoms with van der Waals surface area (Å²) < 4.78 is 0. The van der Waals surface area contributed by atoms with E-state index < -0.39 is 0 Å². The van der Waals surface area contributed by atoms with Crippen LogP contribution in [0, 0.1) is 23.7 Å². The maximum absolute atomic E-state index is 3.34. The van der Waals surface area contributed by atoms with E-state index in [1.807, 2.05) is 0 Å². The minimum Gasteiger partial charge on any atom is -0.0888 e. The van der Waals surface area contributed by atoms with E-state index >= 15 is 0 Å². The smallest absolute Gasteiger partial charge is 0.0249 e. The topological polar surface area (TPSA) is 0 Å². The van der Waals surface area contributed by atoms with Crippen LogP contribution in [0.25, 0.3) is 0 Å². The predicted molar refractivity (Wildman–Crippen MR) is 145 cm³/mol. The van der Waals surface area contributed by atoms with Gasteiger partial charge in [0.05, 0.1) is 0 Å². The number of benzene rings is 2. The first-order chi connectivity index (χ1) is 16.3. The van der Waals surface area contributed by atoms with E-state index in [9.17, 15) is 0 Å². The minimum atomic E-state index is 0.942. The molecular formula is C33H44. The minimum absolute atomic E-state index is 0.942. The number of rotatable bonds is 11. The number of unbranched alkanes of at least 4 members (excludes halogenated alkanes) is 2. The predicted octanol–water partition coefficient (Wildman–Crippen LogP) is 9.30. The second kappa shape index (κ2) is 14.8. The molecule has 0 amide bonds. The molecule has 0 unspecified atom stereocenters. The zero-order chi connectivity index (χ0) is 23.1. The molecule has 0 aromatic heterocycles. The maximum atomic E-state index is 3.34. The van der Waals surface area contributed by atoms with Crippen molar-refractivity contribution in [2.75, 3.05) is 0 Å². The Kier molecular flexibility index (Phi) is 11.4.